The summed E-state index contributed by atoms with van der Waals surface area (Å²) >= 11 is 0. The van der Waals surface area contributed by atoms with Crippen molar-refractivity contribution in [2.24, 2.45) is 5.73 Å². The van der Waals surface area contributed by atoms with E-state index in [1.54, 1.807) is 0 Å². The molecule has 0 radical (unpaired) electrons. The largest absolute Gasteiger partial charge is 0.472 e. The molecular weight excluding hydrogens is 605 g/mol. The number of unbranched alkanes of at least 4 members (excludes halogenated alkanes) is 14. The number of nitrogens with two attached hydrogens (primary N) is 1. The summed E-state index contributed by atoms with van der Waals surface area (Å²) in [5, 5.41) is 0. The second-order valence-corrected chi connectivity index (χ2v) is 12.9. The summed E-state index contributed by atoms with van der Waals surface area (Å²) in [5.74, 6) is -0.879. The molecule has 0 aromatic heterocycles. The lowest BCUT2D eigenvalue weighted by Gasteiger charge is -2.19. The molecule has 0 aliphatic carbocycles. The average Bonchev–Trinajstić information content (AvgIpc) is 3.04. The number of carbonyl (C=O) groups is 2. The van der Waals surface area contributed by atoms with Crippen LogP contribution in [-0.2, 0) is 32.7 Å². The van der Waals surface area contributed by atoms with Gasteiger partial charge >= 0.3 is 19.8 Å². The Kier molecular flexibility index (Phi) is 31.4. The van der Waals surface area contributed by atoms with Crippen LogP contribution in [0.15, 0.2) is 48.6 Å². The van der Waals surface area contributed by atoms with Crippen molar-refractivity contribution in [1.82, 2.24) is 0 Å². The fourth-order valence-corrected chi connectivity index (χ4v) is 5.23. The molecule has 0 spiro atoms. The molecule has 0 rings (SSSR count). The van der Waals surface area contributed by atoms with E-state index in [0.717, 1.165) is 44.9 Å². The Balaban J connectivity index is 4.35. The Morgan fingerprint density at radius 3 is 1.78 bits per heavy atom. The average molecular weight is 670 g/mol. The number of hydrogen-bond acceptors (Lipinski definition) is 8. The minimum absolute atomic E-state index is 0.0455. The van der Waals surface area contributed by atoms with Crippen LogP contribution in [0.2, 0.25) is 0 Å². The molecule has 46 heavy (non-hydrogen) atoms. The highest BCUT2D eigenvalue weighted by Gasteiger charge is 2.25. The van der Waals surface area contributed by atoms with Crippen molar-refractivity contribution < 1.29 is 37.6 Å². The van der Waals surface area contributed by atoms with Crippen molar-refractivity contribution >= 4 is 19.8 Å². The highest BCUT2D eigenvalue weighted by Crippen LogP contribution is 2.43. The van der Waals surface area contributed by atoms with E-state index in [4.69, 9.17) is 24.3 Å². The topological polar surface area (TPSA) is 134 Å². The van der Waals surface area contributed by atoms with Gasteiger partial charge in [-0.15, -0.1) is 0 Å². The van der Waals surface area contributed by atoms with E-state index in [1.165, 1.54) is 57.8 Å². The first-order valence-corrected chi connectivity index (χ1v) is 19.2. The molecule has 10 heteroatoms. The molecule has 0 amide bonds. The zero-order chi connectivity index (χ0) is 34.0. The van der Waals surface area contributed by atoms with E-state index in [2.05, 4.69) is 26.0 Å². The zero-order valence-corrected chi connectivity index (χ0v) is 29.7. The molecule has 0 bridgehead atoms. The molecule has 0 saturated heterocycles. The predicted molar refractivity (Wildman–Crippen MR) is 187 cm³/mol. The minimum atomic E-state index is -4.38. The molecule has 0 aliphatic heterocycles. The molecule has 0 saturated carbocycles. The number of rotatable bonds is 32. The summed E-state index contributed by atoms with van der Waals surface area (Å²) in [6.07, 6.45) is 34.3. The van der Waals surface area contributed by atoms with Crippen molar-refractivity contribution in [3.05, 3.63) is 48.6 Å². The second kappa shape index (κ2) is 32.9. The molecule has 0 heterocycles. The monoisotopic (exact) mass is 669 g/mol. The maximum Gasteiger partial charge on any atom is 0.472 e. The standard InChI is InChI=1S/C36H64NO8P/c1-3-5-7-9-11-13-15-17-19-21-23-25-27-29-36(39)45-34(33-44-46(40,41)43-31-30-37)32-42-35(38)28-26-24-22-20-18-16-14-12-10-8-6-4-2/h5,7,9,11,13,15,17,19,34H,3-4,6,8,10,12,14,16,18,20-33,37H2,1-2H3,(H,40,41)/b7-5+,11-9+,15-13+,19-17+. The maximum atomic E-state index is 12.5. The molecule has 0 fully saturated rings. The Labute approximate surface area is 279 Å². The van der Waals surface area contributed by atoms with E-state index < -0.39 is 32.5 Å². The summed E-state index contributed by atoms with van der Waals surface area (Å²) in [6, 6.07) is 0. The summed E-state index contributed by atoms with van der Waals surface area (Å²) in [5.41, 5.74) is 5.32. The third-order valence-electron chi connectivity index (χ3n) is 7.07. The Bertz CT molecular complexity index is 902. The second-order valence-electron chi connectivity index (χ2n) is 11.5. The SMILES string of the molecule is CC/C=C/C=C/C=C/C=C/CCCCCC(=O)OC(COC(=O)CCCCCCCCCCCCCC)COP(=O)(O)OCCN. The van der Waals surface area contributed by atoms with Crippen molar-refractivity contribution in [1.29, 1.82) is 0 Å². The molecule has 0 aromatic rings. The molecule has 266 valence electrons. The Morgan fingerprint density at radius 2 is 1.20 bits per heavy atom. The number of esters is 2. The van der Waals surface area contributed by atoms with Gasteiger partial charge in [-0.2, -0.15) is 0 Å². The Morgan fingerprint density at radius 1 is 0.674 bits per heavy atom. The van der Waals surface area contributed by atoms with E-state index in [1.807, 2.05) is 36.5 Å². The summed E-state index contributed by atoms with van der Waals surface area (Å²) < 4.78 is 32.5. The first-order valence-electron chi connectivity index (χ1n) is 17.7. The summed E-state index contributed by atoms with van der Waals surface area (Å²) in [6.45, 7) is 3.51. The van der Waals surface area contributed by atoms with Crippen LogP contribution in [0.3, 0.4) is 0 Å². The van der Waals surface area contributed by atoms with Gasteiger partial charge in [-0.25, -0.2) is 4.57 Å². The van der Waals surface area contributed by atoms with Crippen LogP contribution >= 0.6 is 7.82 Å². The van der Waals surface area contributed by atoms with Crippen molar-refractivity contribution in [2.45, 2.75) is 142 Å². The number of hydrogen-bond donors (Lipinski definition) is 2. The van der Waals surface area contributed by atoms with Gasteiger partial charge in [0.05, 0.1) is 13.2 Å². The van der Waals surface area contributed by atoms with E-state index in [-0.39, 0.29) is 32.6 Å². The number of phosphoric acid groups is 1. The number of ether oxygens (including phenoxy) is 2. The Hall–Kier alpha value is -2.03. The maximum absolute atomic E-state index is 12.5. The highest BCUT2D eigenvalue weighted by molar-refractivity contribution is 7.47. The van der Waals surface area contributed by atoms with E-state index in [0.29, 0.717) is 6.42 Å². The van der Waals surface area contributed by atoms with Crippen LogP contribution in [0, 0.1) is 0 Å². The van der Waals surface area contributed by atoms with Crippen LogP contribution in [0.5, 0.6) is 0 Å². The molecule has 0 aromatic carbocycles. The van der Waals surface area contributed by atoms with Gasteiger partial charge in [0.15, 0.2) is 6.10 Å². The first kappa shape index (κ1) is 44.0. The van der Waals surface area contributed by atoms with Crippen LogP contribution in [0.4, 0.5) is 0 Å². The van der Waals surface area contributed by atoms with Gasteiger partial charge in [0.25, 0.3) is 0 Å². The predicted octanol–water partition coefficient (Wildman–Crippen LogP) is 9.21. The molecule has 0 aliphatic rings. The van der Waals surface area contributed by atoms with Crippen LogP contribution in [0.25, 0.3) is 0 Å². The van der Waals surface area contributed by atoms with Gasteiger partial charge < -0.3 is 20.1 Å². The summed E-state index contributed by atoms with van der Waals surface area (Å²) in [7, 11) is -4.38. The van der Waals surface area contributed by atoms with E-state index in [9.17, 15) is 19.0 Å². The number of phosphoric ester groups is 1. The molecular formula is C36H64NO8P. The lowest BCUT2D eigenvalue weighted by Crippen LogP contribution is -2.29. The quantitative estimate of drug-likeness (QED) is 0.0311. The smallest absolute Gasteiger partial charge is 0.462 e. The fourth-order valence-electron chi connectivity index (χ4n) is 4.47. The molecule has 2 atom stereocenters. The lowest BCUT2D eigenvalue weighted by molar-refractivity contribution is -0.161. The first-order chi connectivity index (χ1) is 22.3. The van der Waals surface area contributed by atoms with Crippen LogP contribution < -0.4 is 5.73 Å². The van der Waals surface area contributed by atoms with Gasteiger partial charge in [0.1, 0.15) is 6.61 Å². The van der Waals surface area contributed by atoms with Gasteiger partial charge in [0, 0.05) is 19.4 Å². The fraction of sp³-hybridized carbons (Fsp3) is 0.722. The third kappa shape index (κ3) is 31.9. The normalized spacial score (nSPS) is 14.1. The van der Waals surface area contributed by atoms with Crippen molar-refractivity contribution in [3.8, 4) is 0 Å². The van der Waals surface area contributed by atoms with Crippen LogP contribution in [-0.4, -0.2) is 49.3 Å². The third-order valence-corrected chi connectivity index (χ3v) is 8.06. The lowest BCUT2D eigenvalue weighted by atomic mass is 10.0. The minimum Gasteiger partial charge on any atom is -0.462 e. The molecule has 9 nitrogen and oxygen atoms in total. The molecule has 3 N–H and O–H groups in total. The highest BCUT2D eigenvalue weighted by atomic mass is 31.2. The van der Waals surface area contributed by atoms with Gasteiger partial charge in [-0.05, 0) is 32.1 Å². The van der Waals surface area contributed by atoms with Crippen molar-refractivity contribution in [3.63, 3.8) is 0 Å². The van der Waals surface area contributed by atoms with Gasteiger partial charge in [-0.1, -0.05) is 140 Å². The van der Waals surface area contributed by atoms with Gasteiger partial charge in [-0.3, -0.25) is 18.6 Å². The molecule has 2 unspecified atom stereocenters. The number of carbonyl (C=O) groups excluding carboxylic acids is 2. The van der Waals surface area contributed by atoms with E-state index >= 15 is 0 Å². The van der Waals surface area contributed by atoms with Gasteiger partial charge in [0.2, 0.25) is 0 Å². The number of allylic oxidation sites excluding steroid dienone is 8. The van der Waals surface area contributed by atoms with Crippen LogP contribution in [0.1, 0.15) is 136 Å². The van der Waals surface area contributed by atoms with Crippen molar-refractivity contribution in [2.75, 3.05) is 26.4 Å². The summed E-state index contributed by atoms with van der Waals surface area (Å²) in [4.78, 5) is 34.6. The zero-order valence-electron chi connectivity index (χ0n) is 28.8.